The van der Waals surface area contributed by atoms with Crippen LogP contribution in [0.3, 0.4) is 0 Å². The van der Waals surface area contributed by atoms with Crippen molar-refractivity contribution in [1.82, 2.24) is 24.8 Å². The van der Waals surface area contributed by atoms with E-state index in [0.717, 1.165) is 17.2 Å². The first-order valence-corrected chi connectivity index (χ1v) is 12.5. The number of hydrogen-bond donors (Lipinski definition) is 1. The first-order chi connectivity index (χ1) is 17.0. The number of nitrogens with zero attached hydrogens (tertiary/aromatic N) is 4. The van der Waals surface area contributed by atoms with Crippen LogP contribution in [0.1, 0.15) is 58.3 Å². The minimum atomic E-state index is -0.0398. The number of hydrogen-bond acceptors (Lipinski definition) is 3. The Morgan fingerprint density at radius 2 is 1.77 bits per heavy atom. The van der Waals surface area contributed by atoms with Crippen molar-refractivity contribution in [3.05, 3.63) is 113 Å². The summed E-state index contributed by atoms with van der Waals surface area (Å²) in [5.74, 6) is 0. The van der Waals surface area contributed by atoms with Crippen LogP contribution in [0.2, 0.25) is 0 Å². The van der Waals surface area contributed by atoms with Crippen molar-refractivity contribution in [3.63, 3.8) is 0 Å². The zero-order valence-electron chi connectivity index (χ0n) is 20.7. The van der Waals surface area contributed by atoms with E-state index < -0.39 is 0 Å². The van der Waals surface area contributed by atoms with E-state index in [1.54, 1.807) is 0 Å². The van der Waals surface area contributed by atoms with Crippen LogP contribution in [0.25, 0.3) is 5.69 Å². The van der Waals surface area contributed by atoms with E-state index in [9.17, 15) is 0 Å². The summed E-state index contributed by atoms with van der Waals surface area (Å²) in [5.41, 5.74) is 9.83. The molecule has 178 valence electrons. The number of thiocarbonyl (C=S) groups is 1. The molecule has 0 radical (unpaired) electrons. The molecule has 0 saturated carbocycles. The highest BCUT2D eigenvalue weighted by atomic mass is 32.1. The topological polar surface area (TPSA) is 46.0 Å². The maximum Gasteiger partial charge on any atom is 0.170 e. The van der Waals surface area contributed by atoms with E-state index in [-0.39, 0.29) is 12.1 Å². The largest absolute Gasteiger partial charge is 0.352 e. The average molecular weight is 482 g/mol. The van der Waals surface area contributed by atoms with Crippen LogP contribution in [0, 0.1) is 20.8 Å². The van der Waals surface area contributed by atoms with Crippen LogP contribution in [-0.4, -0.2) is 24.5 Å². The fourth-order valence-corrected chi connectivity index (χ4v) is 5.66. The summed E-state index contributed by atoms with van der Waals surface area (Å²) in [6.07, 6.45) is 6.52. The van der Waals surface area contributed by atoms with Crippen LogP contribution < -0.4 is 5.32 Å². The molecule has 0 aliphatic carbocycles. The van der Waals surface area contributed by atoms with Gasteiger partial charge in [-0.25, -0.2) is 0 Å². The highest BCUT2D eigenvalue weighted by molar-refractivity contribution is 7.80. The molecule has 1 aliphatic rings. The monoisotopic (exact) mass is 481 g/mol. The number of rotatable bonds is 6. The molecule has 0 spiro atoms. The van der Waals surface area contributed by atoms with E-state index >= 15 is 0 Å². The molecule has 0 amide bonds. The molecule has 35 heavy (non-hydrogen) atoms. The molecular formula is C29H31N5S. The van der Waals surface area contributed by atoms with Gasteiger partial charge in [0.25, 0.3) is 0 Å². The lowest BCUT2D eigenvalue weighted by Crippen LogP contribution is -2.29. The van der Waals surface area contributed by atoms with Crippen LogP contribution in [0.4, 0.5) is 0 Å². The third-order valence-electron chi connectivity index (χ3n) is 7.01. The summed E-state index contributed by atoms with van der Waals surface area (Å²) >= 11 is 5.90. The van der Waals surface area contributed by atoms with Gasteiger partial charge in [0.2, 0.25) is 0 Å². The normalized spacial score (nSPS) is 17.6. The van der Waals surface area contributed by atoms with Gasteiger partial charge in [-0.3, -0.25) is 9.97 Å². The minimum absolute atomic E-state index is 0.0135. The summed E-state index contributed by atoms with van der Waals surface area (Å²) < 4.78 is 2.42. The zero-order chi connectivity index (χ0) is 24.5. The Balaban J connectivity index is 1.66. The summed E-state index contributed by atoms with van der Waals surface area (Å²) in [5, 5.41) is 4.34. The van der Waals surface area contributed by atoms with E-state index in [4.69, 9.17) is 17.2 Å². The average Bonchev–Trinajstić information content (AvgIpc) is 3.35. The maximum atomic E-state index is 5.90. The van der Waals surface area contributed by atoms with Crippen LogP contribution >= 0.6 is 12.2 Å². The van der Waals surface area contributed by atoms with Crippen molar-refractivity contribution < 1.29 is 0 Å². The smallest absolute Gasteiger partial charge is 0.170 e. The molecule has 1 aromatic carbocycles. The van der Waals surface area contributed by atoms with Crippen molar-refractivity contribution in [2.45, 2.75) is 52.7 Å². The molecule has 1 N–H and O–H groups in total. The third-order valence-corrected chi connectivity index (χ3v) is 7.37. The summed E-state index contributed by atoms with van der Waals surface area (Å²) in [6, 6.07) is 19.1. The van der Waals surface area contributed by atoms with Gasteiger partial charge in [0, 0.05) is 36.5 Å². The quantitative estimate of drug-likeness (QED) is 0.346. The van der Waals surface area contributed by atoms with E-state index in [1.165, 1.54) is 39.3 Å². The standard InChI is InChI=1S/C29H31N5S/c1-5-23-10-8-9-19(2)27(23)34-20(3)17-24(21(34)4)28-26(25-11-6-7-14-31-25)32-29(35)33(28)18-22-12-15-30-16-13-22/h6-17,26,28H,5,18H2,1-4H3,(H,32,35)/t26-,28-/m0/s1. The highest BCUT2D eigenvalue weighted by Gasteiger charge is 2.41. The van der Waals surface area contributed by atoms with Crippen molar-refractivity contribution in [1.29, 1.82) is 0 Å². The van der Waals surface area contributed by atoms with E-state index in [1.807, 2.05) is 30.7 Å². The number of nitrogens with one attached hydrogen (secondary N) is 1. The number of aryl methyl sites for hydroxylation is 3. The van der Waals surface area contributed by atoms with Gasteiger partial charge in [-0.05, 0) is 92.0 Å². The third kappa shape index (κ3) is 4.23. The Morgan fingerprint density at radius 1 is 0.971 bits per heavy atom. The van der Waals surface area contributed by atoms with Crippen molar-refractivity contribution in [2.24, 2.45) is 0 Å². The fourth-order valence-electron chi connectivity index (χ4n) is 5.36. The first kappa shape index (κ1) is 23.2. The van der Waals surface area contributed by atoms with Gasteiger partial charge in [-0.1, -0.05) is 31.2 Å². The number of benzene rings is 1. The lowest BCUT2D eigenvalue weighted by molar-refractivity contribution is 0.310. The molecule has 5 nitrogen and oxygen atoms in total. The first-order valence-electron chi connectivity index (χ1n) is 12.1. The van der Waals surface area contributed by atoms with Gasteiger partial charge >= 0.3 is 0 Å². The Morgan fingerprint density at radius 3 is 2.49 bits per heavy atom. The molecule has 6 heteroatoms. The SMILES string of the molecule is CCc1cccc(C)c1-n1c(C)cc([C@H]2[C@H](c3ccccn3)NC(=S)N2Cc2ccncc2)c1C. The van der Waals surface area contributed by atoms with Crippen LogP contribution in [0.15, 0.2) is 73.2 Å². The molecule has 1 aliphatic heterocycles. The molecule has 4 aromatic rings. The van der Waals surface area contributed by atoms with Crippen molar-refractivity contribution in [3.8, 4) is 5.69 Å². The zero-order valence-corrected chi connectivity index (χ0v) is 21.5. The van der Waals surface area contributed by atoms with E-state index in [0.29, 0.717) is 6.54 Å². The Hall–Kier alpha value is -3.51. The number of aromatic nitrogens is 3. The van der Waals surface area contributed by atoms with Gasteiger partial charge in [-0.15, -0.1) is 0 Å². The highest BCUT2D eigenvalue weighted by Crippen LogP contribution is 2.42. The summed E-state index contributed by atoms with van der Waals surface area (Å²) in [7, 11) is 0. The number of pyridine rings is 2. The Kier molecular flexibility index (Phi) is 6.39. The van der Waals surface area contributed by atoms with Gasteiger partial charge in [0.05, 0.1) is 23.5 Å². The lowest BCUT2D eigenvalue weighted by atomic mass is 9.96. The lowest BCUT2D eigenvalue weighted by Gasteiger charge is -2.28. The molecule has 2 atom stereocenters. The van der Waals surface area contributed by atoms with Crippen LogP contribution in [0.5, 0.6) is 0 Å². The minimum Gasteiger partial charge on any atom is -0.352 e. The molecule has 3 aromatic heterocycles. The van der Waals surface area contributed by atoms with Crippen LogP contribution in [-0.2, 0) is 13.0 Å². The molecule has 0 unspecified atom stereocenters. The van der Waals surface area contributed by atoms with E-state index in [2.05, 4.69) is 89.9 Å². The molecule has 1 saturated heterocycles. The predicted molar refractivity (Wildman–Crippen MR) is 145 cm³/mol. The second-order valence-corrected chi connectivity index (χ2v) is 9.59. The number of para-hydroxylation sites is 1. The Labute approximate surface area is 212 Å². The second-order valence-electron chi connectivity index (χ2n) is 9.21. The van der Waals surface area contributed by atoms with Gasteiger partial charge in [0.1, 0.15) is 0 Å². The molecule has 5 rings (SSSR count). The maximum absolute atomic E-state index is 5.90. The molecule has 0 bridgehead atoms. The fraction of sp³-hybridized carbons (Fsp3) is 0.276. The van der Waals surface area contributed by atoms with Crippen molar-refractivity contribution >= 4 is 17.3 Å². The predicted octanol–water partition coefficient (Wildman–Crippen LogP) is 5.93. The second kappa shape index (κ2) is 9.62. The molecule has 4 heterocycles. The molecular weight excluding hydrogens is 450 g/mol. The molecule has 1 fully saturated rings. The Bertz CT molecular complexity index is 1350. The van der Waals surface area contributed by atoms with Gasteiger partial charge in [0.15, 0.2) is 5.11 Å². The van der Waals surface area contributed by atoms with Crippen molar-refractivity contribution in [2.75, 3.05) is 0 Å². The summed E-state index contributed by atoms with van der Waals surface area (Å²) in [4.78, 5) is 11.2. The van der Waals surface area contributed by atoms with Gasteiger partial charge in [-0.2, -0.15) is 0 Å². The summed E-state index contributed by atoms with van der Waals surface area (Å²) in [6.45, 7) is 9.56. The van der Waals surface area contributed by atoms with Gasteiger partial charge < -0.3 is 14.8 Å².